The summed E-state index contributed by atoms with van der Waals surface area (Å²) in [6, 6.07) is 3.86. The van der Waals surface area contributed by atoms with Crippen LogP contribution in [0.1, 0.15) is 12.5 Å². The van der Waals surface area contributed by atoms with Crippen LogP contribution in [0.25, 0.3) is 0 Å². The molecule has 1 amide bonds. The van der Waals surface area contributed by atoms with Crippen LogP contribution in [-0.4, -0.2) is 35.6 Å². The molecule has 1 heterocycles. The van der Waals surface area contributed by atoms with E-state index < -0.39 is 30.5 Å². The van der Waals surface area contributed by atoms with Crippen LogP contribution in [0.2, 0.25) is 5.02 Å². The van der Waals surface area contributed by atoms with Gasteiger partial charge in [-0.15, -0.1) is 0 Å². The molecule has 1 N–H and O–H groups in total. The number of carbonyl (C=O) groups is 1. The molecule has 2 rings (SSSR count). The molecule has 0 aliphatic carbocycles. The second-order valence-corrected chi connectivity index (χ2v) is 5.12. The number of hydrogen-bond acceptors (Lipinski definition) is 4. The number of aliphatic hydroxyl groups excluding tert-OH is 1. The summed E-state index contributed by atoms with van der Waals surface area (Å²) < 4.78 is 43.1. The molecule has 0 spiro atoms. The van der Waals surface area contributed by atoms with Crippen molar-refractivity contribution in [2.45, 2.75) is 31.3 Å². The van der Waals surface area contributed by atoms with Gasteiger partial charge in [0.05, 0.1) is 10.6 Å². The number of cyclic esters (lactones) is 1. The lowest BCUT2D eigenvalue weighted by atomic mass is 10.0. The van der Waals surface area contributed by atoms with Crippen molar-refractivity contribution in [2.24, 2.45) is 0 Å². The van der Waals surface area contributed by atoms with Crippen molar-refractivity contribution in [1.82, 2.24) is 0 Å². The van der Waals surface area contributed by atoms with Crippen molar-refractivity contribution in [3.05, 3.63) is 28.8 Å². The van der Waals surface area contributed by atoms with Crippen LogP contribution in [0.5, 0.6) is 0 Å². The number of nitrogens with zero attached hydrogens (tertiary/aromatic N) is 2. The molecule has 0 saturated carbocycles. The number of hydrogen-bond donors (Lipinski definition) is 1. The van der Waals surface area contributed by atoms with Gasteiger partial charge in [-0.05, 0) is 25.1 Å². The van der Waals surface area contributed by atoms with Gasteiger partial charge in [0.1, 0.15) is 18.2 Å². The lowest BCUT2D eigenvalue weighted by Gasteiger charge is -2.29. The highest BCUT2D eigenvalue weighted by Gasteiger charge is 2.54. The topological polar surface area (TPSA) is 73.6 Å². The van der Waals surface area contributed by atoms with Gasteiger partial charge in [-0.25, -0.2) is 4.79 Å². The molecule has 3 atom stereocenters. The second-order valence-electron chi connectivity index (χ2n) is 4.71. The fourth-order valence-corrected chi connectivity index (χ4v) is 2.45. The van der Waals surface area contributed by atoms with Crippen LogP contribution in [0.15, 0.2) is 18.2 Å². The van der Waals surface area contributed by atoms with E-state index in [0.717, 1.165) is 0 Å². The molecule has 22 heavy (non-hydrogen) atoms. The smallest absolute Gasteiger partial charge is 0.416 e. The number of aliphatic hydroxyl groups is 1. The molecule has 0 aromatic heterocycles. The third kappa shape index (κ3) is 2.82. The van der Waals surface area contributed by atoms with E-state index in [4.69, 9.17) is 21.6 Å². The molecule has 1 aliphatic rings. The zero-order valence-corrected chi connectivity index (χ0v) is 11.9. The first-order valence-corrected chi connectivity index (χ1v) is 6.49. The number of carbonyl (C=O) groups excluding carboxylic acids is 1. The summed E-state index contributed by atoms with van der Waals surface area (Å²) in [5, 5.41) is 18.3. The molecular formula is C13H10ClF3N2O3. The predicted molar refractivity (Wildman–Crippen MR) is 70.4 cm³/mol. The Labute approximate surface area is 128 Å². The monoisotopic (exact) mass is 334 g/mol. The summed E-state index contributed by atoms with van der Waals surface area (Å²) in [6.45, 7) is 1.25. The number of rotatable bonds is 2. The van der Waals surface area contributed by atoms with E-state index in [-0.39, 0.29) is 16.3 Å². The fraction of sp³-hybridized carbons (Fsp3) is 0.385. The molecule has 1 aliphatic heterocycles. The average Bonchev–Trinajstić information content (AvgIpc) is 2.71. The molecule has 5 nitrogen and oxygen atoms in total. The second kappa shape index (κ2) is 5.66. The molecule has 1 saturated heterocycles. The van der Waals surface area contributed by atoms with E-state index in [2.05, 4.69) is 0 Å². The minimum atomic E-state index is -4.92. The molecule has 1 fully saturated rings. The molecule has 0 bridgehead atoms. The van der Waals surface area contributed by atoms with Gasteiger partial charge in [0.2, 0.25) is 0 Å². The summed E-state index contributed by atoms with van der Waals surface area (Å²) in [4.78, 5) is 12.5. The summed E-state index contributed by atoms with van der Waals surface area (Å²) in [5.41, 5.74) is 0.116. The van der Waals surface area contributed by atoms with E-state index in [1.54, 1.807) is 6.07 Å². The van der Waals surface area contributed by atoms with Crippen molar-refractivity contribution >= 4 is 23.4 Å². The van der Waals surface area contributed by atoms with Crippen LogP contribution in [-0.2, 0) is 4.74 Å². The van der Waals surface area contributed by atoms with Crippen molar-refractivity contribution in [2.75, 3.05) is 4.90 Å². The molecule has 3 unspecified atom stereocenters. The van der Waals surface area contributed by atoms with E-state index >= 15 is 0 Å². The lowest BCUT2D eigenvalue weighted by molar-refractivity contribution is -0.212. The molecule has 0 radical (unpaired) electrons. The van der Waals surface area contributed by atoms with Crippen LogP contribution in [0.4, 0.5) is 23.7 Å². The highest BCUT2D eigenvalue weighted by atomic mass is 35.5. The third-order valence-corrected chi connectivity index (χ3v) is 3.59. The third-order valence-electron chi connectivity index (χ3n) is 3.27. The zero-order valence-electron chi connectivity index (χ0n) is 11.1. The van der Waals surface area contributed by atoms with E-state index in [1.807, 2.05) is 0 Å². The van der Waals surface area contributed by atoms with Crippen molar-refractivity contribution in [3.63, 3.8) is 0 Å². The van der Waals surface area contributed by atoms with Crippen molar-refractivity contribution in [3.8, 4) is 6.07 Å². The van der Waals surface area contributed by atoms with Crippen LogP contribution in [0, 0.1) is 11.3 Å². The summed E-state index contributed by atoms with van der Waals surface area (Å²) in [6.07, 6.45) is -9.88. The maximum Gasteiger partial charge on any atom is 0.416 e. The zero-order chi connectivity index (χ0) is 16.7. The van der Waals surface area contributed by atoms with Gasteiger partial charge in [0, 0.05) is 5.69 Å². The standard InChI is InChI=1S/C13H10ClF3N2O3/c1-6-10(11(20)13(15,16)17)19(12(21)22-6)8-3-2-7(5-18)9(14)4-8/h2-4,6,10-11,20H,1H3. The first-order valence-electron chi connectivity index (χ1n) is 6.11. The number of ether oxygens (including phenoxy) is 1. The first kappa shape index (κ1) is 16.4. The quantitative estimate of drug-likeness (QED) is 0.902. The predicted octanol–water partition coefficient (Wildman–Crippen LogP) is 2.85. The first-order chi connectivity index (χ1) is 10.2. The number of benzene rings is 1. The van der Waals surface area contributed by atoms with Crippen LogP contribution in [0.3, 0.4) is 0 Å². The Kier molecular flexibility index (Phi) is 4.22. The Hall–Kier alpha value is -1.98. The van der Waals surface area contributed by atoms with Crippen LogP contribution >= 0.6 is 11.6 Å². The van der Waals surface area contributed by atoms with Crippen molar-refractivity contribution in [1.29, 1.82) is 5.26 Å². The molecule has 118 valence electrons. The Bertz CT molecular complexity index is 644. The molecule has 9 heteroatoms. The Morgan fingerprint density at radius 3 is 2.64 bits per heavy atom. The van der Waals surface area contributed by atoms with E-state index in [1.165, 1.54) is 25.1 Å². The Balaban J connectivity index is 2.44. The Morgan fingerprint density at radius 2 is 2.14 bits per heavy atom. The Morgan fingerprint density at radius 1 is 1.50 bits per heavy atom. The number of alkyl halides is 3. The number of nitriles is 1. The van der Waals surface area contributed by atoms with E-state index in [9.17, 15) is 23.1 Å². The fourth-order valence-electron chi connectivity index (χ4n) is 2.23. The minimum absolute atomic E-state index is 0.00616. The van der Waals surface area contributed by atoms with E-state index in [0.29, 0.717) is 4.90 Å². The largest absolute Gasteiger partial charge is 0.444 e. The minimum Gasteiger partial charge on any atom is -0.444 e. The maximum atomic E-state index is 12.8. The van der Waals surface area contributed by atoms with Gasteiger partial charge >= 0.3 is 12.3 Å². The highest BCUT2D eigenvalue weighted by molar-refractivity contribution is 6.32. The van der Waals surface area contributed by atoms with Gasteiger partial charge in [-0.1, -0.05) is 11.6 Å². The summed E-state index contributed by atoms with van der Waals surface area (Å²) in [5.74, 6) is 0. The van der Waals surface area contributed by atoms with Gasteiger partial charge in [0.25, 0.3) is 0 Å². The molecular weight excluding hydrogens is 325 g/mol. The normalized spacial score (nSPS) is 23.1. The lowest BCUT2D eigenvalue weighted by Crippen LogP contribution is -2.51. The van der Waals surface area contributed by atoms with Gasteiger partial charge in [-0.2, -0.15) is 18.4 Å². The molecule has 1 aromatic rings. The summed E-state index contributed by atoms with van der Waals surface area (Å²) in [7, 11) is 0. The highest BCUT2D eigenvalue weighted by Crippen LogP contribution is 2.35. The number of amides is 1. The summed E-state index contributed by atoms with van der Waals surface area (Å²) >= 11 is 5.82. The molecule has 1 aromatic carbocycles. The maximum absolute atomic E-state index is 12.8. The SMILES string of the molecule is CC1OC(=O)N(c2ccc(C#N)c(Cl)c2)C1C(O)C(F)(F)F. The van der Waals surface area contributed by atoms with Gasteiger partial charge < -0.3 is 9.84 Å². The van der Waals surface area contributed by atoms with Crippen molar-refractivity contribution < 1.29 is 27.8 Å². The average molecular weight is 335 g/mol. The van der Waals surface area contributed by atoms with Crippen LogP contribution < -0.4 is 4.90 Å². The van der Waals surface area contributed by atoms with Gasteiger partial charge in [0.15, 0.2) is 6.10 Å². The van der Waals surface area contributed by atoms with Gasteiger partial charge in [-0.3, -0.25) is 4.90 Å². The number of halogens is 4. The number of anilines is 1.